The molecule has 0 fully saturated rings. The van der Waals surface area contributed by atoms with Crippen molar-refractivity contribution >= 4 is 38.4 Å². The molecule has 0 aliphatic carbocycles. The highest BCUT2D eigenvalue weighted by Gasteiger charge is 2.46. The van der Waals surface area contributed by atoms with Crippen LogP contribution in [-0.4, -0.2) is 26.9 Å². The lowest BCUT2D eigenvalue weighted by atomic mass is 9.95. The second kappa shape index (κ2) is 7.35. The number of aromatic hydroxyl groups is 1. The van der Waals surface area contributed by atoms with E-state index in [2.05, 4.69) is 4.98 Å². The monoisotopic (exact) mass is 446 g/mol. The van der Waals surface area contributed by atoms with Gasteiger partial charge in [0.2, 0.25) is 5.78 Å². The zero-order chi connectivity index (χ0) is 22.6. The van der Waals surface area contributed by atoms with Crippen molar-refractivity contribution in [1.82, 2.24) is 4.98 Å². The van der Waals surface area contributed by atoms with Crippen molar-refractivity contribution in [3.8, 4) is 5.75 Å². The van der Waals surface area contributed by atoms with Gasteiger partial charge in [-0.1, -0.05) is 29.5 Å². The average Bonchev–Trinajstić information content (AvgIpc) is 3.47. The Morgan fingerprint density at radius 3 is 2.66 bits per heavy atom. The molecular formula is C24H18N2O5S. The van der Waals surface area contributed by atoms with E-state index in [1.54, 1.807) is 18.2 Å². The zero-order valence-corrected chi connectivity index (χ0v) is 18.0. The molecule has 5 rings (SSSR count). The lowest BCUT2D eigenvalue weighted by Crippen LogP contribution is -2.30. The normalized spacial score (nSPS) is 16.4. The molecule has 2 aromatic carbocycles. The van der Waals surface area contributed by atoms with Crippen molar-refractivity contribution in [2.75, 3.05) is 4.90 Å². The van der Waals surface area contributed by atoms with Gasteiger partial charge in [-0.25, -0.2) is 4.98 Å². The van der Waals surface area contributed by atoms with E-state index >= 15 is 0 Å². The number of aromatic nitrogens is 1. The summed E-state index contributed by atoms with van der Waals surface area (Å²) in [5.41, 5.74) is 3.12. The Bertz CT molecular complexity index is 1420. The summed E-state index contributed by atoms with van der Waals surface area (Å²) in [5, 5.41) is 21.2. The number of rotatable bonds is 4. The predicted octanol–water partition coefficient (Wildman–Crippen LogP) is 4.99. The highest BCUT2D eigenvalue weighted by molar-refractivity contribution is 7.22. The summed E-state index contributed by atoms with van der Waals surface area (Å²) in [6, 6.07) is 12.3. The van der Waals surface area contributed by atoms with Crippen LogP contribution < -0.4 is 4.90 Å². The molecule has 3 heterocycles. The third kappa shape index (κ3) is 3.07. The van der Waals surface area contributed by atoms with Gasteiger partial charge in [-0.15, -0.1) is 0 Å². The number of phenolic OH excluding ortho intramolecular Hbond substituents is 1. The number of ketones is 1. The molecule has 0 radical (unpaired) electrons. The van der Waals surface area contributed by atoms with E-state index in [1.165, 1.54) is 40.7 Å². The Morgan fingerprint density at radius 1 is 1.12 bits per heavy atom. The standard InChI is InChI=1S/C24H18N2O5S/c1-12-9-13(2)19-17(10-12)32-24(25-19)26-20(14-5-3-6-15(27)11-14)18(22(29)23(26)30)21(28)16-7-4-8-31-16/h3-11,20,27,29H,1-2H3/t20-/m0/s1. The first kappa shape index (κ1) is 20.0. The molecular weight excluding hydrogens is 428 g/mol. The number of aryl methyl sites for hydroxylation is 2. The summed E-state index contributed by atoms with van der Waals surface area (Å²) in [6.45, 7) is 3.93. The molecule has 2 N–H and O–H groups in total. The van der Waals surface area contributed by atoms with Crippen LogP contribution in [0.3, 0.4) is 0 Å². The molecule has 1 amide bonds. The minimum Gasteiger partial charge on any atom is -0.508 e. The number of Topliss-reactive ketones (excluding diaryl/α,β-unsaturated/α-hetero) is 1. The molecule has 0 saturated carbocycles. The van der Waals surface area contributed by atoms with Crippen molar-refractivity contribution < 1.29 is 24.2 Å². The Hall–Kier alpha value is -3.91. The molecule has 2 aromatic heterocycles. The number of benzene rings is 2. The quantitative estimate of drug-likeness (QED) is 0.428. The summed E-state index contributed by atoms with van der Waals surface area (Å²) >= 11 is 1.30. The van der Waals surface area contributed by atoms with E-state index < -0.39 is 23.5 Å². The number of hydrogen-bond acceptors (Lipinski definition) is 7. The van der Waals surface area contributed by atoms with Gasteiger partial charge in [0.1, 0.15) is 5.75 Å². The van der Waals surface area contributed by atoms with Crippen LogP contribution in [0.5, 0.6) is 5.75 Å². The van der Waals surface area contributed by atoms with E-state index in [1.807, 2.05) is 26.0 Å². The van der Waals surface area contributed by atoms with Crippen LogP contribution in [0.4, 0.5) is 5.13 Å². The maximum Gasteiger partial charge on any atom is 0.296 e. The summed E-state index contributed by atoms with van der Waals surface area (Å²) < 4.78 is 6.12. The third-order valence-electron chi connectivity index (χ3n) is 5.41. The minimum absolute atomic E-state index is 0.00196. The SMILES string of the molecule is Cc1cc(C)c2nc(N3C(=O)C(O)=C(C(=O)c4ccco4)[C@@H]3c3cccc(O)c3)sc2c1. The number of carbonyl (C=O) groups excluding carboxylic acids is 2. The first-order chi connectivity index (χ1) is 15.3. The average molecular weight is 446 g/mol. The Morgan fingerprint density at radius 2 is 1.94 bits per heavy atom. The number of fused-ring (bicyclic) bond motifs is 1. The molecule has 0 bridgehead atoms. The highest BCUT2D eigenvalue weighted by atomic mass is 32.1. The van der Waals surface area contributed by atoms with Crippen molar-refractivity contribution in [3.05, 3.63) is 88.6 Å². The van der Waals surface area contributed by atoms with Gasteiger partial charge >= 0.3 is 0 Å². The number of carbonyl (C=O) groups is 2. The summed E-state index contributed by atoms with van der Waals surface area (Å²) in [5.74, 6) is -2.03. The van der Waals surface area contributed by atoms with Gasteiger partial charge in [-0.2, -0.15) is 0 Å². The molecule has 1 atom stereocenters. The van der Waals surface area contributed by atoms with E-state index in [4.69, 9.17) is 4.42 Å². The maximum absolute atomic E-state index is 13.2. The zero-order valence-electron chi connectivity index (χ0n) is 17.2. The van der Waals surface area contributed by atoms with Crippen LogP contribution in [0, 0.1) is 13.8 Å². The number of aliphatic hydroxyl groups excluding tert-OH is 1. The van der Waals surface area contributed by atoms with Gasteiger partial charge in [0.05, 0.1) is 28.1 Å². The summed E-state index contributed by atoms with van der Waals surface area (Å²) in [6.07, 6.45) is 1.35. The molecule has 0 unspecified atom stereocenters. The van der Waals surface area contributed by atoms with Gasteiger partial charge in [0.15, 0.2) is 16.7 Å². The van der Waals surface area contributed by atoms with Crippen LogP contribution in [-0.2, 0) is 4.79 Å². The summed E-state index contributed by atoms with van der Waals surface area (Å²) in [7, 11) is 0. The van der Waals surface area contributed by atoms with Gasteiger partial charge in [-0.05, 0) is 60.9 Å². The van der Waals surface area contributed by atoms with Crippen molar-refractivity contribution in [2.45, 2.75) is 19.9 Å². The fourth-order valence-electron chi connectivity index (χ4n) is 4.05. The van der Waals surface area contributed by atoms with Crippen LogP contribution in [0.1, 0.15) is 33.3 Å². The molecule has 0 saturated heterocycles. The van der Waals surface area contributed by atoms with Crippen molar-refractivity contribution in [3.63, 3.8) is 0 Å². The number of amides is 1. The topological polar surface area (TPSA) is 104 Å². The summed E-state index contributed by atoms with van der Waals surface area (Å²) in [4.78, 5) is 32.4. The molecule has 1 aliphatic heterocycles. The molecule has 32 heavy (non-hydrogen) atoms. The number of phenols is 1. The van der Waals surface area contributed by atoms with Crippen LogP contribution in [0.2, 0.25) is 0 Å². The minimum atomic E-state index is -0.978. The molecule has 7 nitrogen and oxygen atoms in total. The number of furan rings is 1. The number of aliphatic hydroxyl groups is 1. The van der Waals surface area contributed by atoms with Gasteiger partial charge in [0, 0.05) is 0 Å². The fraction of sp³-hybridized carbons (Fsp3) is 0.125. The van der Waals surface area contributed by atoms with Crippen LogP contribution in [0.25, 0.3) is 10.2 Å². The van der Waals surface area contributed by atoms with Gasteiger partial charge < -0.3 is 14.6 Å². The number of anilines is 1. The Labute approximate surface area is 186 Å². The number of thiazole rings is 1. The second-order valence-corrected chi connectivity index (χ2v) is 8.68. The number of nitrogens with zero attached hydrogens (tertiary/aromatic N) is 2. The highest BCUT2D eigenvalue weighted by Crippen LogP contribution is 2.45. The molecule has 160 valence electrons. The fourth-order valence-corrected chi connectivity index (χ4v) is 5.22. The van der Waals surface area contributed by atoms with E-state index in [-0.39, 0.29) is 17.1 Å². The van der Waals surface area contributed by atoms with E-state index in [9.17, 15) is 19.8 Å². The molecule has 4 aromatic rings. The van der Waals surface area contributed by atoms with E-state index in [0.717, 1.165) is 21.3 Å². The smallest absolute Gasteiger partial charge is 0.296 e. The van der Waals surface area contributed by atoms with Crippen LogP contribution in [0.15, 0.2) is 70.5 Å². The van der Waals surface area contributed by atoms with E-state index in [0.29, 0.717) is 10.7 Å². The predicted molar refractivity (Wildman–Crippen MR) is 120 cm³/mol. The molecule has 8 heteroatoms. The molecule has 0 spiro atoms. The lowest BCUT2D eigenvalue weighted by Gasteiger charge is -2.24. The third-order valence-corrected chi connectivity index (χ3v) is 6.41. The second-order valence-electron chi connectivity index (χ2n) is 7.67. The molecule has 1 aliphatic rings. The first-order valence-corrected chi connectivity index (χ1v) is 10.7. The Kier molecular flexibility index (Phi) is 4.60. The van der Waals surface area contributed by atoms with Gasteiger partial charge in [-0.3, -0.25) is 14.5 Å². The first-order valence-electron chi connectivity index (χ1n) is 9.86. The largest absolute Gasteiger partial charge is 0.508 e. The van der Waals surface area contributed by atoms with Crippen molar-refractivity contribution in [1.29, 1.82) is 0 Å². The Balaban J connectivity index is 1.71. The maximum atomic E-state index is 13.2. The van der Waals surface area contributed by atoms with Crippen molar-refractivity contribution in [2.24, 2.45) is 0 Å². The van der Waals surface area contributed by atoms with Crippen LogP contribution >= 0.6 is 11.3 Å². The lowest BCUT2D eigenvalue weighted by molar-refractivity contribution is -0.117. The van der Waals surface area contributed by atoms with Gasteiger partial charge in [0.25, 0.3) is 5.91 Å². The number of hydrogen-bond donors (Lipinski definition) is 2.